The Hall–Kier alpha value is -2.03. The number of aliphatic hydroxyl groups excluding tert-OH is 1. The Morgan fingerprint density at radius 2 is 1.67 bits per heavy atom. The molecule has 0 unspecified atom stereocenters. The molecule has 7 nitrogen and oxygen atoms in total. The molecule has 0 aromatic heterocycles. The van der Waals surface area contributed by atoms with Crippen molar-refractivity contribution in [1.82, 2.24) is 9.21 Å². The highest BCUT2D eigenvalue weighted by Gasteiger charge is 2.26. The summed E-state index contributed by atoms with van der Waals surface area (Å²) in [5.41, 5.74) is 3.05. The fourth-order valence-electron chi connectivity index (χ4n) is 4.09. The molecule has 1 amide bonds. The van der Waals surface area contributed by atoms with Crippen LogP contribution in [0, 0.1) is 19.8 Å². The van der Waals surface area contributed by atoms with Crippen LogP contribution in [0.2, 0.25) is 0 Å². The molecule has 2 fully saturated rings. The summed E-state index contributed by atoms with van der Waals surface area (Å²) in [4.78, 5) is 26.0. The number of sulfonamides is 1. The summed E-state index contributed by atoms with van der Waals surface area (Å²) in [6.07, 6.45) is 3.72. The van der Waals surface area contributed by atoms with Crippen molar-refractivity contribution in [2.24, 2.45) is 5.92 Å². The number of aryl methyl sites for hydroxylation is 2. The number of amides is 1. The van der Waals surface area contributed by atoms with Gasteiger partial charge in [0.25, 0.3) is 5.91 Å². The largest absolute Gasteiger partial charge is 0.396 e. The number of nitrogens with zero attached hydrogens (tertiary/aromatic N) is 2. The summed E-state index contributed by atoms with van der Waals surface area (Å²) in [7, 11) is -3.58. The van der Waals surface area contributed by atoms with Crippen molar-refractivity contribution in [1.29, 1.82) is 0 Å². The second kappa shape index (κ2) is 9.41. The molecular weight excluding hydrogens is 404 g/mol. The molecule has 0 saturated carbocycles. The van der Waals surface area contributed by atoms with Crippen molar-refractivity contribution in [2.75, 3.05) is 32.8 Å². The van der Waals surface area contributed by atoms with Gasteiger partial charge in [-0.3, -0.25) is 9.59 Å². The minimum absolute atomic E-state index is 0.0290. The van der Waals surface area contributed by atoms with Crippen molar-refractivity contribution in [3.63, 3.8) is 0 Å². The molecule has 0 bridgehead atoms. The molecule has 1 aromatic carbocycles. The molecule has 164 valence electrons. The maximum Gasteiger partial charge on any atom is 0.253 e. The van der Waals surface area contributed by atoms with Crippen LogP contribution < -0.4 is 0 Å². The molecule has 1 N–H and O–H groups in total. The maximum absolute atomic E-state index is 12.9. The predicted molar refractivity (Wildman–Crippen MR) is 115 cm³/mol. The zero-order chi connectivity index (χ0) is 21.9. The van der Waals surface area contributed by atoms with Crippen LogP contribution in [-0.2, 0) is 14.8 Å². The summed E-state index contributed by atoms with van der Waals surface area (Å²) in [5.74, 6) is 0.335. The first-order valence-corrected chi connectivity index (χ1v) is 11.9. The zero-order valence-electron chi connectivity index (χ0n) is 17.6. The number of rotatable bonds is 5. The number of carbonyl (C=O) groups excluding carboxylic acids is 2. The topological polar surface area (TPSA) is 95.0 Å². The molecule has 30 heavy (non-hydrogen) atoms. The quantitative estimate of drug-likeness (QED) is 0.766. The summed E-state index contributed by atoms with van der Waals surface area (Å²) < 4.78 is 26.5. The number of ketones is 1. The van der Waals surface area contributed by atoms with Gasteiger partial charge in [0.1, 0.15) is 5.78 Å². The second-order valence-electron chi connectivity index (χ2n) is 8.23. The number of likely N-dealkylation sites (tertiary alicyclic amines) is 1. The van der Waals surface area contributed by atoms with Gasteiger partial charge in [0.05, 0.1) is 0 Å². The van der Waals surface area contributed by atoms with Crippen molar-refractivity contribution >= 4 is 27.8 Å². The van der Waals surface area contributed by atoms with Gasteiger partial charge in [-0.05, 0) is 67.5 Å². The average molecular weight is 435 g/mol. The van der Waals surface area contributed by atoms with Gasteiger partial charge < -0.3 is 10.0 Å². The summed E-state index contributed by atoms with van der Waals surface area (Å²) in [5, 5.41) is 10.5. The SMILES string of the molecule is Cc1cc(C(=O)N2CCC(CO)CC2)cc(C)c1C=CS(=O)(=O)N1CCC(=O)CC1. The Kier molecular flexibility index (Phi) is 7.10. The summed E-state index contributed by atoms with van der Waals surface area (Å²) >= 11 is 0. The van der Waals surface area contributed by atoms with Crippen LogP contribution in [-0.4, -0.2) is 67.2 Å². The molecule has 0 radical (unpaired) electrons. The average Bonchev–Trinajstić information content (AvgIpc) is 2.73. The molecule has 1 aromatic rings. The first kappa shape index (κ1) is 22.7. The lowest BCUT2D eigenvalue weighted by Crippen LogP contribution is -2.39. The number of hydrogen-bond donors (Lipinski definition) is 1. The molecular formula is C22H30N2O5S. The molecule has 3 rings (SSSR count). The Morgan fingerprint density at radius 3 is 2.20 bits per heavy atom. The highest BCUT2D eigenvalue weighted by atomic mass is 32.2. The van der Waals surface area contributed by atoms with Crippen molar-refractivity contribution in [2.45, 2.75) is 39.5 Å². The fraction of sp³-hybridized carbons (Fsp3) is 0.545. The van der Waals surface area contributed by atoms with Gasteiger partial charge in [-0.2, -0.15) is 4.31 Å². The Bertz CT molecular complexity index is 913. The van der Waals surface area contributed by atoms with E-state index in [1.165, 1.54) is 9.71 Å². The smallest absolute Gasteiger partial charge is 0.253 e. The van der Waals surface area contributed by atoms with E-state index in [4.69, 9.17) is 0 Å². The molecule has 2 aliphatic rings. The van der Waals surface area contributed by atoms with Crippen LogP contribution in [0.1, 0.15) is 52.7 Å². The van der Waals surface area contributed by atoms with Crippen LogP contribution in [0.3, 0.4) is 0 Å². The van der Waals surface area contributed by atoms with Gasteiger partial charge in [0.15, 0.2) is 0 Å². The fourth-order valence-corrected chi connectivity index (χ4v) is 5.26. The van der Waals surface area contributed by atoms with Crippen LogP contribution in [0.4, 0.5) is 0 Å². The van der Waals surface area contributed by atoms with Crippen molar-refractivity contribution in [3.8, 4) is 0 Å². The normalized spacial score (nSPS) is 19.6. The predicted octanol–water partition coefficient (Wildman–Crippen LogP) is 2.11. The van der Waals surface area contributed by atoms with E-state index in [0.717, 1.165) is 29.5 Å². The van der Waals surface area contributed by atoms with Gasteiger partial charge in [-0.1, -0.05) is 0 Å². The Balaban J connectivity index is 1.74. The molecule has 2 aliphatic heterocycles. The van der Waals surface area contributed by atoms with E-state index in [-0.39, 0.29) is 50.1 Å². The van der Waals surface area contributed by atoms with Crippen LogP contribution in [0.5, 0.6) is 0 Å². The number of benzene rings is 1. The van der Waals surface area contributed by atoms with E-state index in [1.807, 2.05) is 18.7 Å². The first-order valence-electron chi connectivity index (χ1n) is 10.4. The third-order valence-corrected chi connectivity index (χ3v) is 7.61. The highest BCUT2D eigenvalue weighted by molar-refractivity contribution is 7.92. The maximum atomic E-state index is 12.9. The third kappa shape index (κ3) is 5.17. The minimum Gasteiger partial charge on any atom is -0.396 e. The van der Waals surface area contributed by atoms with E-state index < -0.39 is 10.0 Å². The van der Waals surface area contributed by atoms with Gasteiger partial charge in [-0.25, -0.2) is 8.42 Å². The van der Waals surface area contributed by atoms with Crippen molar-refractivity contribution in [3.05, 3.63) is 39.8 Å². The van der Waals surface area contributed by atoms with E-state index in [2.05, 4.69) is 0 Å². The number of piperidine rings is 2. The summed E-state index contributed by atoms with van der Waals surface area (Å²) in [6, 6.07) is 3.61. The van der Waals surface area contributed by atoms with E-state index in [9.17, 15) is 23.1 Å². The van der Waals surface area contributed by atoms with Crippen LogP contribution in [0.15, 0.2) is 17.5 Å². The van der Waals surface area contributed by atoms with E-state index in [0.29, 0.717) is 18.7 Å². The lowest BCUT2D eigenvalue weighted by Gasteiger charge is -2.31. The highest BCUT2D eigenvalue weighted by Crippen LogP contribution is 2.23. The minimum atomic E-state index is -3.58. The third-order valence-electron chi connectivity index (χ3n) is 6.05. The summed E-state index contributed by atoms with van der Waals surface area (Å²) in [6.45, 7) is 5.63. The Labute approximate surface area is 178 Å². The number of carbonyl (C=O) groups is 2. The van der Waals surface area contributed by atoms with E-state index in [1.54, 1.807) is 18.2 Å². The van der Waals surface area contributed by atoms with Gasteiger partial charge >= 0.3 is 0 Å². The molecule has 0 aliphatic carbocycles. The molecule has 2 heterocycles. The van der Waals surface area contributed by atoms with Gasteiger partial charge in [-0.15, -0.1) is 0 Å². The Morgan fingerprint density at radius 1 is 1.10 bits per heavy atom. The zero-order valence-corrected chi connectivity index (χ0v) is 18.5. The van der Waals surface area contributed by atoms with Crippen molar-refractivity contribution < 1.29 is 23.1 Å². The second-order valence-corrected chi connectivity index (χ2v) is 10.0. The number of aliphatic hydroxyl groups is 1. The lowest BCUT2D eigenvalue weighted by molar-refractivity contribution is -0.120. The standard InChI is InChI=1S/C22H30N2O5S/c1-16-13-19(22(27)23-8-3-18(15-25)4-9-23)14-17(2)21(16)7-12-30(28,29)24-10-5-20(26)6-11-24/h7,12-14,18,25H,3-6,8-11,15H2,1-2H3. The molecule has 2 saturated heterocycles. The van der Waals surface area contributed by atoms with Gasteiger partial charge in [0, 0.05) is 56.6 Å². The van der Waals surface area contributed by atoms with Gasteiger partial charge in [0.2, 0.25) is 10.0 Å². The van der Waals surface area contributed by atoms with Crippen LogP contribution in [0.25, 0.3) is 6.08 Å². The molecule has 8 heteroatoms. The van der Waals surface area contributed by atoms with E-state index >= 15 is 0 Å². The number of hydrogen-bond acceptors (Lipinski definition) is 5. The number of Topliss-reactive ketones (excluding diaryl/α,β-unsaturated/α-hetero) is 1. The van der Waals surface area contributed by atoms with Crippen LogP contribution >= 0.6 is 0 Å². The molecule has 0 spiro atoms. The molecule has 0 atom stereocenters. The lowest BCUT2D eigenvalue weighted by atomic mass is 9.95. The first-order chi connectivity index (χ1) is 14.2. The monoisotopic (exact) mass is 434 g/mol.